The van der Waals surface area contributed by atoms with Crippen molar-refractivity contribution in [3.05, 3.63) is 24.3 Å². The molecule has 110 valence electrons. The predicted molar refractivity (Wildman–Crippen MR) is 78.2 cm³/mol. The van der Waals surface area contributed by atoms with Crippen LogP contribution >= 0.6 is 0 Å². The van der Waals surface area contributed by atoms with Crippen LogP contribution < -0.4 is 11.1 Å². The number of rotatable bonds is 5. The molecule has 0 radical (unpaired) electrons. The molecule has 1 amide bonds. The molecular weight excluding hydrogens is 276 g/mol. The maximum absolute atomic E-state index is 12.0. The van der Waals surface area contributed by atoms with Crippen LogP contribution in [0.1, 0.15) is 32.6 Å². The third-order valence-corrected chi connectivity index (χ3v) is 5.52. The van der Waals surface area contributed by atoms with Gasteiger partial charge in [-0.2, -0.15) is 0 Å². The van der Waals surface area contributed by atoms with Crippen molar-refractivity contribution in [2.75, 3.05) is 11.1 Å². The van der Waals surface area contributed by atoms with Gasteiger partial charge >= 0.3 is 0 Å². The van der Waals surface area contributed by atoms with Crippen molar-refractivity contribution in [1.82, 2.24) is 0 Å². The summed E-state index contributed by atoms with van der Waals surface area (Å²) in [6.45, 7) is 1.58. The van der Waals surface area contributed by atoms with Gasteiger partial charge in [-0.1, -0.05) is 19.1 Å². The normalized spacial score (nSPS) is 17.3. The average molecular weight is 296 g/mol. The van der Waals surface area contributed by atoms with Crippen molar-refractivity contribution in [3.63, 3.8) is 0 Å². The van der Waals surface area contributed by atoms with Crippen LogP contribution in [-0.2, 0) is 14.6 Å². The third kappa shape index (κ3) is 3.19. The monoisotopic (exact) mass is 296 g/mol. The van der Waals surface area contributed by atoms with Gasteiger partial charge in [-0.05, 0) is 31.4 Å². The van der Waals surface area contributed by atoms with Crippen LogP contribution in [0.3, 0.4) is 0 Å². The zero-order valence-corrected chi connectivity index (χ0v) is 12.4. The molecule has 3 N–H and O–H groups in total. The van der Waals surface area contributed by atoms with E-state index < -0.39 is 15.4 Å². The molecule has 0 aromatic heterocycles. The topological polar surface area (TPSA) is 89.3 Å². The standard InChI is InChI=1S/C14H20N2O3S/c1-2-20(18,19)12-7-4-3-6-11(12)16-13(17)10-14(15)8-5-9-14/h3-4,6-7H,2,5,8-10,15H2,1H3,(H,16,17). The van der Waals surface area contributed by atoms with Crippen LogP contribution in [0.25, 0.3) is 0 Å². The number of para-hydroxylation sites is 1. The summed E-state index contributed by atoms with van der Waals surface area (Å²) in [5, 5.41) is 2.68. The Morgan fingerprint density at radius 3 is 2.55 bits per heavy atom. The highest BCUT2D eigenvalue weighted by atomic mass is 32.2. The number of sulfone groups is 1. The van der Waals surface area contributed by atoms with Gasteiger partial charge in [-0.3, -0.25) is 4.79 Å². The fourth-order valence-electron chi connectivity index (χ4n) is 2.32. The minimum absolute atomic E-state index is 0.000705. The number of anilines is 1. The molecule has 0 heterocycles. The molecule has 0 spiro atoms. The predicted octanol–water partition coefficient (Wildman–Crippen LogP) is 1.69. The van der Waals surface area contributed by atoms with E-state index in [1.165, 1.54) is 6.07 Å². The van der Waals surface area contributed by atoms with E-state index in [2.05, 4.69) is 5.32 Å². The molecule has 0 saturated heterocycles. The first-order chi connectivity index (χ1) is 9.36. The maximum Gasteiger partial charge on any atom is 0.226 e. The number of carbonyl (C=O) groups is 1. The fraction of sp³-hybridized carbons (Fsp3) is 0.500. The van der Waals surface area contributed by atoms with Crippen LogP contribution in [0.2, 0.25) is 0 Å². The third-order valence-electron chi connectivity index (χ3n) is 3.74. The summed E-state index contributed by atoms with van der Waals surface area (Å²) < 4.78 is 24.0. The van der Waals surface area contributed by atoms with E-state index in [0.717, 1.165) is 19.3 Å². The molecule has 0 atom stereocenters. The quantitative estimate of drug-likeness (QED) is 0.865. The van der Waals surface area contributed by atoms with E-state index in [-0.39, 0.29) is 23.0 Å². The molecule has 0 aliphatic heterocycles. The molecule has 0 bridgehead atoms. The second-order valence-electron chi connectivity index (χ2n) is 5.34. The Bertz CT molecular complexity index is 607. The molecule has 1 saturated carbocycles. The van der Waals surface area contributed by atoms with Gasteiger partial charge in [-0.25, -0.2) is 8.42 Å². The lowest BCUT2D eigenvalue weighted by Gasteiger charge is -2.37. The van der Waals surface area contributed by atoms with Gasteiger partial charge in [0.05, 0.1) is 16.3 Å². The van der Waals surface area contributed by atoms with Gasteiger partial charge in [-0.15, -0.1) is 0 Å². The summed E-state index contributed by atoms with van der Waals surface area (Å²) in [7, 11) is -3.36. The Labute approximate surface area is 119 Å². The Balaban J connectivity index is 2.15. The second-order valence-corrected chi connectivity index (χ2v) is 7.59. The molecule has 1 aromatic carbocycles. The molecular formula is C14H20N2O3S. The molecule has 1 aromatic rings. The van der Waals surface area contributed by atoms with E-state index in [0.29, 0.717) is 5.69 Å². The number of nitrogens with two attached hydrogens (primary N) is 1. The first-order valence-corrected chi connectivity index (χ1v) is 8.42. The Kier molecular flexibility index (Phi) is 4.15. The Morgan fingerprint density at radius 1 is 1.35 bits per heavy atom. The van der Waals surface area contributed by atoms with Gasteiger partial charge in [0.1, 0.15) is 0 Å². The van der Waals surface area contributed by atoms with Crippen LogP contribution in [0.15, 0.2) is 29.2 Å². The zero-order valence-electron chi connectivity index (χ0n) is 11.6. The molecule has 6 heteroatoms. The summed E-state index contributed by atoms with van der Waals surface area (Å²) in [4.78, 5) is 12.2. The first-order valence-electron chi connectivity index (χ1n) is 6.77. The summed E-state index contributed by atoms with van der Waals surface area (Å²) in [5.41, 5.74) is 5.95. The summed E-state index contributed by atoms with van der Waals surface area (Å²) in [6, 6.07) is 6.46. The van der Waals surface area contributed by atoms with Crippen LogP contribution in [0, 0.1) is 0 Å². The fourth-order valence-corrected chi connectivity index (χ4v) is 3.37. The average Bonchev–Trinajstić information content (AvgIpc) is 2.37. The highest BCUT2D eigenvalue weighted by Crippen LogP contribution is 2.32. The SMILES string of the molecule is CCS(=O)(=O)c1ccccc1NC(=O)CC1(N)CCC1. The van der Waals surface area contributed by atoms with Gasteiger partial charge in [0, 0.05) is 12.0 Å². The van der Waals surface area contributed by atoms with E-state index in [9.17, 15) is 13.2 Å². The van der Waals surface area contributed by atoms with Crippen molar-refractivity contribution < 1.29 is 13.2 Å². The zero-order chi connectivity index (χ0) is 14.8. The molecule has 1 aliphatic carbocycles. The van der Waals surface area contributed by atoms with E-state index in [4.69, 9.17) is 5.73 Å². The van der Waals surface area contributed by atoms with Crippen LogP contribution in [0.5, 0.6) is 0 Å². The van der Waals surface area contributed by atoms with E-state index >= 15 is 0 Å². The number of nitrogens with one attached hydrogen (secondary N) is 1. The van der Waals surface area contributed by atoms with Gasteiger partial charge < -0.3 is 11.1 Å². The number of benzene rings is 1. The molecule has 1 fully saturated rings. The van der Waals surface area contributed by atoms with E-state index in [1.54, 1.807) is 25.1 Å². The molecule has 0 unspecified atom stereocenters. The molecule has 2 rings (SSSR count). The highest BCUT2D eigenvalue weighted by molar-refractivity contribution is 7.91. The van der Waals surface area contributed by atoms with Gasteiger partial charge in [0.25, 0.3) is 0 Å². The summed E-state index contributed by atoms with van der Waals surface area (Å²) in [5.74, 6) is -0.230. The minimum Gasteiger partial charge on any atom is -0.325 e. The smallest absolute Gasteiger partial charge is 0.226 e. The van der Waals surface area contributed by atoms with Gasteiger partial charge in [0.15, 0.2) is 9.84 Å². The van der Waals surface area contributed by atoms with Crippen LogP contribution in [0.4, 0.5) is 5.69 Å². The molecule has 1 aliphatic rings. The Morgan fingerprint density at radius 2 is 2.00 bits per heavy atom. The highest BCUT2D eigenvalue weighted by Gasteiger charge is 2.34. The number of carbonyl (C=O) groups excluding carboxylic acids is 1. The number of hydrogen-bond donors (Lipinski definition) is 2. The van der Waals surface area contributed by atoms with Crippen molar-refractivity contribution in [3.8, 4) is 0 Å². The second kappa shape index (κ2) is 5.54. The van der Waals surface area contributed by atoms with Gasteiger partial charge in [0.2, 0.25) is 5.91 Å². The van der Waals surface area contributed by atoms with E-state index in [1.807, 2.05) is 0 Å². The molecule has 20 heavy (non-hydrogen) atoms. The maximum atomic E-state index is 12.0. The first kappa shape index (κ1) is 15.0. The largest absolute Gasteiger partial charge is 0.325 e. The number of amides is 1. The minimum atomic E-state index is -3.36. The summed E-state index contributed by atoms with van der Waals surface area (Å²) >= 11 is 0. The molecule has 5 nitrogen and oxygen atoms in total. The van der Waals surface area contributed by atoms with Crippen LogP contribution in [-0.4, -0.2) is 25.6 Å². The van der Waals surface area contributed by atoms with Crippen molar-refractivity contribution in [2.45, 2.75) is 43.0 Å². The van der Waals surface area contributed by atoms with Crippen molar-refractivity contribution >= 4 is 21.4 Å². The summed E-state index contributed by atoms with van der Waals surface area (Å²) in [6.07, 6.45) is 2.96. The number of hydrogen-bond acceptors (Lipinski definition) is 4. The lowest BCUT2D eigenvalue weighted by Crippen LogP contribution is -2.49. The van der Waals surface area contributed by atoms with Crippen molar-refractivity contribution in [1.29, 1.82) is 0 Å². The Hall–Kier alpha value is -1.40. The lowest BCUT2D eigenvalue weighted by atomic mass is 9.75. The van der Waals surface area contributed by atoms with Crippen molar-refractivity contribution in [2.24, 2.45) is 5.73 Å². The lowest BCUT2D eigenvalue weighted by molar-refractivity contribution is -0.118.